The van der Waals surface area contributed by atoms with Crippen LogP contribution in [-0.2, 0) is 6.54 Å². The maximum atomic E-state index is 13.5. The molecule has 0 saturated heterocycles. The van der Waals surface area contributed by atoms with E-state index in [1.807, 2.05) is 6.07 Å². The molecule has 1 heterocycles. The summed E-state index contributed by atoms with van der Waals surface area (Å²) in [6.07, 6.45) is 1.66. The molecule has 2 aromatic rings. The van der Waals surface area contributed by atoms with Crippen molar-refractivity contribution in [2.45, 2.75) is 6.54 Å². The summed E-state index contributed by atoms with van der Waals surface area (Å²) in [4.78, 5) is 0.839. The second-order valence-corrected chi connectivity index (χ2v) is 3.73. The van der Waals surface area contributed by atoms with E-state index in [-0.39, 0.29) is 5.82 Å². The first kappa shape index (κ1) is 9.30. The topological polar surface area (TPSA) is 38.9 Å². The number of hydrogen-bond donors (Lipinski definition) is 1. The maximum absolute atomic E-state index is 13.5. The zero-order valence-electron chi connectivity index (χ0n) is 7.40. The van der Waals surface area contributed by atoms with Crippen molar-refractivity contribution < 1.29 is 4.39 Å². The van der Waals surface area contributed by atoms with Crippen LogP contribution in [0.25, 0.3) is 10.4 Å². The smallest absolute Gasteiger partial charge is 0.132 e. The van der Waals surface area contributed by atoms with Crippen molar-refractivity contribution in [3.05, 3.63) is 41.8 Å². The van der Waals surface area contributed by atoms with Crippen molar-refractivity contribution >= 4 is 11.5 Å². The summed E-state index contributed by atoms with van der Waals surface area (Å²) in [5.41, 5.74) is 6.80. The molecular weight excluding hydrogens is 199 g/mol. The number of benzene rings is 1. The minimum absolute atomic E-state index is 0.239. The van der Waals surface area contributed by atoms with Gasteiger partial charge in [-0.1, -0.05) is 12.1 Å². The Labute approximate surface area is 85.4 Å². The lowest BCUT2D eigenvalue weighted by Crippen LogP contribution is -1.96. The van der Waals surface area contributed by atoms with Gasteiger partial charge in [0.05, 0.1) is 4.88 Å². The van der Waals surface area contributed by atoms with Gasteiger partial charge in [0.15, 0.2) is 0 Å². The largest absolute Gasteiger partial charge is 0.326 e. The zero-order chi connectivity index (χ0) is 9.97. The monoisotopic (exact) mass is 208 g/mol. The molecule has 1 aromatic carbocycles. The van der Waals surface area contributed by atoms with Gasteiger partial charge in [-0.25, -0.2) is 8.76 Å². The van der Waals surface area contributed by atoms with E-state index in [4.69, 9.17) is 5.73 Å². The molecule has 0 aliphatic rings. The van der Waals surface area contributed by atoms with Crippen LogP contribution in [0, 0.1) is 5.82 Å². The van der Waals surface area contributed by atoms with E-state index in [2.05, 4.69) is 4.37 Å². The summed E-state index contributed by atoms with van der Waals surface area (Å²) < 4.78 is 17.5. The molecule has 0 bridgehead atoms. The van der Waals surface area contributed by atoms with Crippen molar-refractivity contribution in [3.8, 4) is 10.4 Å². The Morgan fingerprint density at radius 2 is 2.21 bits per heavy atom. The molecule has 0 radical (unpaired) electrons. The highest BCUT2D eigenvalue weighted by Crippen LogP contribution is 2.26. The summed E-state index contributed by atoms with van der Waals surface area (Å²) in [5.74, 6) is -0.239. The zero-order valence-corrected chi connectivity index (χ0v) is 8.22. The maximum Gasteiger partial charge on any atom is 0.132 e. The van der Waals surface area contributed by atoms with Gasteiger partial charge in [0.2, 0.25) is 0 Å². The van der Waals surface area contributed by atoms with E-state index < -0.39 is 0 Å². The first-order valence-electron chi connectivity index (χ1n) is 4.21. The molecule has 0 fully saturated rings. The van der Waals surface area contributed by atoms with Gasteiger partial charge in [-0.3, -0.25) is 0 Å². The Morgan fingerprint density at radius 1 is 1.36 bits per heavy atom. The van der Waals surface area contributed by atoms with Gasteiger partial charge in [0.1, 0.15) is 5.82 Å². The molecule has 4 heteroatoms. The minimum atomic E-state index is -0.239. The average Bonchev–Trinajstić information content (AvgIpc) is 2.70. The van der Waals surface area contributed by atoms with Crippen LogP contribution in [0.4, 0.5) is 4.39 Å². The molecule has 0 spiro atoms. The van der Waals surface area contributed by atoms with Gasteiger partial charge in [-0.2, -0.15) is 0 Å². The van der Waals surface area contributed by atoms with Gasteiger partial charge < -0.3 is 5.73 Å². The van der Waals surface area contributed by atoms with Crippen molar-refractivity contribution in [3.63, 3.8) is 0 Å². The van der Waals surface area contributed by atoms with E-state index in [1.54, 1.807) is 18.3 Å². The fourth-order valence-electron chi connectivity index (χ4n) is 1.24. The summed E-state index contributed by atoms with van der Waals surface area (Å²) in [6, 6.07) is 6.84. The van der Waals surface area contributed by atoms with Crippen LogP contribution < -0.4 is 5.73 Å². The lowest BCUT2D eigenvalue weighted by atomic mass is 10.1. The summed E-state index contributed by atoms with van der Waals surface area (Å²) >= 11 is 1.28. The second kappa shape index (κ2) is 3.86. The Hall–Kier alpha value is -1.26. The Bertz CT molecular complexity index is 426. The number of hydrogen-bond acceptors (Lipinski definition) is 3. The summed E-state index contributed by atoms with van der Waals surface area (Å²) in [5, 5.41) is 0. The fraction of sp³-hybridized carbons (Fsp3) is 0.100. The Kier molecular flexibility index (Phi) is 2.56. The number of rotatable bonds is 2. The second-order valence-electron chi connectivity index (χ2n) is 2.90. The molecule has 0 unspecified atom stereocenters. The summed E-state index contributed by atoms with van der Waals surface area (Å²) in [6.45, 7) is 0.361. The number of halogens is 1. The van der Waals surface area contributed by atoms with E-state index >= 15 is 0 Å². The first-order valence-corrected chi connectivity index (χ1v) is 4.98. The normalized spacial score (nSPS) is 10.4. The highest BCUT2D eigenvalue weighted by molar-refractivity contribution is 7.09. The lowest BCUT2D eigenvalue weighted by molar-refractivity contribution is 0.629. The van der Waals surface area contributed by atoms with Crippen molar-refractivity contribution in [1.29, 1.82) is 0 Å². The van der Waals surface area contributed by atoms with Gasteiger partial charge in [-0.05, 0) is 29.2 Å². The van der Waals surface area contributed by atoms with Crippen LogP contribution in [-0.4, -0.2) is 4.37 Å². The van der Waals surface area contributed by atoms with Crippen LogP contribution in [0.1, 0.15) is 5.56 Å². The van der Waals surface area contributed by atoms with Gasteiger partial charge in [0.25, 0.3) is 0 Å². The minimum Gasteiger partial charge on any atom is -0.326 e. The van der Waals surface area contributed by atoms with E-state index in [9.17, 15) is 4.39 Å². The molecule has 0 atom stereocenters. The predicted molar refractivity (Wildman–Crippen MR) is 55.4 cm³/mol. The highest BCUT2D eigenvalue weighted by atomic mass is 32.1. The van der Waals surface area contributed by atoms with Crippen LogP contribution in [0.2, 0.25) is 0 Å². The van der Waals surface area contributed by atoms with Crippen molar-refractivity contribution in [2.75, 3.05) is 0 Å². The molecule has 2 rings (SSSR count). The van der Waals surface area contributed by atoms with Gasteiger partial charge >= 0.3 is 0 Å². The standard InChI is InChI=1S/C10H9FN2S/c11-9-5-7(6-12)1-2-8(9)10-3-4-13-14-10/h1-5H,6,12H2. The highest BCUT2D eigenvalue weighted by Gasteiger charge is 2.06. The van der Waals surface area contributed by atoms with Gasteiger partial charge in [0, 0.05) is 18.3 Å². The number of aromatic nitrogens is 1. The van der Waals surface area contributed by atoms with Gasteiger partial charge in [-0.15, -0.1) is 0 Å². The molecule has 0 saturated carbocycles. The first-order chi connectivity index (χ1) is 6.81. The average molecular weight is 208 g/mol. The molecule has 72 valence electrons. The fourth-order valence-corrected chi connectivity index (χ4v) is 1.86. The lowest BCUT2D eigenvalue weighted by Gasteiger charge is -2.01. The third kappa shape index (κ3) is 1.66. The Balaban J connectivity index is 2.46. The molecule has 2 N–H and O–H groups in total. The van der Waals surface area contributed by atoms with Crippen molar-refractivity contribution in [2.24, 2.45) is 5.73 Å². The van der Waals surface area contributed by atoms with Crippen molar-refractivity contribution in [1.82, 2.24) is 4.37 Å². The Morgan fingerprint density at radius 3 is 2.79 bits per heavy atom. The van der Waals surface area contributed by atoms with E-state index in [1.165, 1.54) is 17.6 Å². The van der Waals surface area contributed by atoms with E-state index in [0.717, 1.165) is 10.4 Å². The van der Waals surface area contributed by atoms with Crippen LogP contribution >= 0.6 is 11.5 Å². The molecule has 0 amide bonds. The third-order valence-corrected chi connectivity index (χ3v) is 2.75. The van der Waals surface area contributed by atoms with Crippen LogP contribution in [0.15, 0.2) is 30.5 Å². The third-order valence-electron chi connectivity index (χ3n) is 1.97. The predicted octanol–water partition coefficient (Wildman–Crippen LogP) is 2.41. The quantitative estimate of drug-likeness (QED) is 0.823. The molecule has 0 aliphatic heterocycles. The summed E-state index contributed by atoms with van der Waals surface area (Å²) in [7, 11) is 0. The number of nitrogens with two attached hydrogens (primary N) is 1. The van der Waals surface area contributed by atoms with Crippen LogP contribution in [0.5, 0.6) is 0 Å². The molecular formula is C10H9FN2S. The van der Waals surface area contributed by atoms with Crippen LogP contribution in [0.3, 0.4) is 0 Å². The number of nitrogens with zero attached hydrogens (tertiary/aromatic N) is 1. The SMILES string of the molecule is NCc1ccc(-c2ccns2)c(F)c1. The molecule has 0 aliphatic carbocycles. The van der Waals surface area contributed by atoms with E-state index in [0.29, 0.717) is 12.1 Å². The molecule has 1 aromatic heterocycles. The molecule has 2 nitrogen and oxygen atoms in total. The molecule has 14 heavy (non-hydrogen) atoms.